The molecule has 13 rings (SSSR count). The maximum atomic E-state index is 5.52. The van der Waals surface area contributed by atoms with Crippen molar-refractivity contribution in [1.82, 2.24) is 14.5 Å². The van der Waals surface area contributed by atoms with Crippen molar-refractivity contribution in [1.29, 1.82) is 0 Å². The Kier molecular flexibility index (Phi) is 6.04. The van der Waals surface area contributed by atoms with E-state index in [2.05, 4.69) is 180 Å². The number of nitrogens with zero attached hydrogens (tertiary/aromatic N) is 3. The van der Waals surface area contributed by atoms with Crippen LogP contribution in [0.25, 0.3) is 125 Å². The molecule has 0 amide bonds. The lowest BCUT2D eigenvalue weighted by Gasteiger charge is -2.14. The van der Waals surface area contributed by atoms with Crippen molar-refractivity contribution in [3.63, 3.8) is 0 Å². The lowest BCUT2D eigenvalue weighted by Crippen LogP contribution is -2.04. The highest BCUT2D eigenvalue weighted by atomic mass is 32.1. The minimum absolute atomic E-state index is 0.667. The van der Waals surface area contributed by atoms with Crippen LogP contribution in [0.5, 0.6) is 0 Å². The average Bonchev–Trinajstić information content (AvgIpc) is 3.91. The fourth-order valence-electron chi connectivity index (χ4n) is 9.45. The predicted octanol–water partition coefficient (Wildman–Crippen LogP) is 14.4. The van der Waals surface area contributed by atoms with Crippen LogP contribution in [0.15, 0.2) is 176 Å². The number of rotatable bonds is 3. The molecule has 56 heavy (non-hydrogen) atoms. The molecule has 1 aliphatic rings. The maximum Gasteiger partial charge on any atom is 0.235 e. The summed E-state index contributed by atoms with van der Waals surface area (Å²) in [5.41, 5.74) is 12.6. The molecule has 0 aliphatic heterocycles. The molecule has 0 unspecified atom stereocenters. The standard InChI is InChI=1S/C52H29N3S/c1-2-12-31(13-3-1)50-40-24-21-30-11-4-5-14-34(30)51(40)54-52(53-50)55-44-25-22-32(33-23-26-47-41(27-33)37-17-8-9-20-46(37)56-47)28-43(44)49-39-19-10-18-38-35-15-6-7-16-36(35)42(48(38)39)29-45(49)55/h1-29H. The molecule has 3 aromatic heterocycles. The monoisotopic (exact) mass is 727 g/mol. The number of benzene rings is 9. The number of aromatic nitrogens is 3. The molecular weight excluding hydrogens is 699 g/mol. The quantitative estimate of drug-likeness (QED) is 0.170. The van der Waals surface area contributed by atoms with Crippen molar-refractivity contribution >= 4 is 85.8 Å². The molecule has 0 radical (unpaired) electrons. The van der Waals surface area contributed by atoms with Gasteiger partial charge in [0.25, 0.3) is 0 Å². The summed E-state index contributed by atoms with van der Waals surface area (Å²) < 4.78 is 4.95. The van der Waals surface area contributed by atoms with Crippen LogP contribution in [0, 0.1) is 0 Å². The number of fused-ring (bicyclic) bond motifs is 13. The summed E-state index contributed by atoms with van der Waals surface area (Å²) in [5.74, 6) is 0.667. The number of hydrogen-bond donors (Lipinski definition) is 0. The molecule has 1 aliphatic carbocycles. The molecule has 3 heterocycles. The highest BCUT2D eigenvalue weighted by Gasteiger charge is 2.27. The van der Waals surface area contributed by atoms with Crippen LogP contribution >= 0.6 is 11.3 Å². The van der Waals surface area contributed by atoms with Crippen molar-refractivity contribution in [3.05, 3.63) is 176 Å². The maximum absolute atomic E-state index is 5.52. The van der Waals surface area contributed by atoms with Crippen molar-refractivity contribution in [2.24, 2.45) is 0 Å². The first-order chi connectivity index (χ1) is 27.8. The van der Waals surface area contributed by atoms with Crippen LogP contribution < -0.4 is 0 Å². The summed E-state index contributed by atoms with van der Waals surface area (Å²) in [7, 11) is 0. The van der Waals surface area contributed by atoms with Crippen LogP contribution in [0.2, 0.25) is 0 Å². The first-order valence-electron chi connectivity index (χ1n) is 19.1. The third-order valence-corrected chi connectivity index (χ3v) is 13.1. The molecule has 0 saturated heterocycles. The number of thiophene rings is 1. The Hall–Kier alpha value is -7.14. The van der Waals surface area contributed by atoms with E-state index in [0.29, 0.717) is 5.95 Å². The summed E-state index contributed by atoms with van der Waals surface area (Å²) in [6.07, 6.45) is 0. The fraction of sp³-hybridized carbons (Fsp3) is 0. The molecule has 9 aromatic carbocycles. The second kappa shape index (κ2) is 11.2. The number of hydrogen-bond acceptors (Lipinski definition) is 3. The molecule has 0 bridgehead atoms. The third-order valence-electron chi connectivity index (χ3n) is 11.9. The zero-order valence-electron chi connectivity index (χ0n) is 30.0. The molecule has 3 nitrogen and oxygen atoms in total. The molecule has 0 atom stereocenters. The van der Waals surface area contributed by atoms with E-state index in [0.717, 1.165) is 44.0 Å². The van der Waals surface area contributed by atoms with Crippen LogP contribution in [0.3, 0.4) is 0 Å². The van der Waals surface area contributed by atoms with Crippen molar-refractivity contribution < 1.29 is 0 Å². The van der Waals surface area contributed by atoms with Gasteiger partial charge in [-0.25, -0.2) is 9.97 Å². The summed E-state index contributed by atoms with van der Waals surface area (Å²) in [6.45, 7) is 0. The Morgan fingerprint density at radius 2 is 1.07 bits per heavy atom. The Balaban J connectivity index is 1.16. The second-order valence-electron chi connectivity index (χ2n) is 14.9. The molecule has 0 spiro atoms. The van der Waals surface area contributed by atoms with Crippen molar-refractivity contribution in [2.75, 3.05) is 0 Å². The zero-order chi connectivity index (χ0) is 36.5. The summed E-state index contributed by atoms with van der Waals surface area (Å²) >= 11 is 1.86. The van der Waals surface area contributed by atoms with Gasteiger partial charge >= 0.3 is 0 Å². The second-order valence-corrected chi connectivity index (χ2v) is 16.0. The smallest absolute Gasteiger partial charge is 0.235 e. The Labute approximate surface area is 325 Å². The van der Waals surface area contributed by atoms with E-state index >= 15 is 0 Å². The van der Waals surface area contributed by atoms with Gasteiger partial charge in [0.1, 0.15) is 0 Å². The van der Waals surface area contributed by atoms with Gasteiger partial charge in [-0.15, -0.1) is 11.3 Å². The largest absolute Gasteiger partial charge is 0.278 e. The van der Waals surface area contributed by atoms with Gasteiger partial charge in [0.15, 0.2) is 0 Å². The highest BCUT2D eigenvalue weighted by Crippen LogP contribution is 2.51. The van der Waals surface area contributed by atoms with Crippen LogP contribution in [0.1, 0.15) is 0 Å². The molecule has 258 valence electrons. The van der Waals surface area contributed by atoms with E-state index in [1.54, 1.807) is 0 Å². The van der Waals surface area contributed by atoms with E-state index < -0.39 is 0 Å². The van der Waals surface area contributed by atoms with E-state index in [9.17, 15) is 0 Å². The molecule has 12 aromatic rings. The SMILES string of the molecule is c1ccc(-c2nc(-n3c4ccc(-c5ccc6sc7ccccc7c6c5)cc4c4c5cccc6c5c(cc43)-c3ccccc3-6)nc3c2ccc2ccccc23)cc1. The molecule has 0 saturated carbocycles. The van der Waals surface area contributed by atoms with Gasteiger partial charge in [0, 0.05) is 47.3 Å². The van der Waals surface area contributed by atoms with E-state index in [1.807, 2.05) is 11.3 Å². The van der Waals surface area contributed by atoms with E-state index in [1.165, 1.54) is 75.1 Å². The average molecular weight is 728 g/mol. The molecule has 0 N–H and O–H groups in total. The van der Waals surface area contributed by atoms with Gasteiger partial charge in [0.05, 0.1) is 22.2 Å². The van der Waals surface area contributed by atoms with Gasteiger partial charge in [0.2, 0.25) is 5.95 Å². The van der Waals surface area contributed by atoms with Gasteiger partial charge in [-0.3, -0.25) is 4.57 Å². The first kappa shape index (κ1) is 30.2. The van der Waals surface area contributed by atoms with Crippen molar-refractivity contribution in [3.8, 4) is 50.6 Å². The highest BCUT2D eigenvalue weighted by molar-refractivity contribution is 7.25. The Bertz CT molecular complexity index is 3650. The van der Waals surface area contributed by atoms with Crippen molar-refractivity contribution in [2.45, 2.75) is 0 Å². The van der Waals surface area contributed by atoms with Crippen LogP contribution in [-0.4, -0.2) is 14.5 Å². The third kappa shape index (κ3) is 4.11. The summed E-state index contributed by atoms with van der Waals surface area (Å²) in [6, 6.07) is 64.1. The van der Waals surface area contributed by atoms with Gasteiger partial charge < -0.3 is 0 Å². The van der Waals surface area contributed by atoms with Gasteiger partial charge in [-0.2, -0.15) is 0 Å². The summed E-state index contributed by atoms with van der Waals surface area (Å²) in [5, 5.41) is 10.9. The normalized spacial score (nSPS) is 12.3. The Morgan fingerprint density at radius 3 is 1.96 bits per heavy atom. The molecule has 4 heteroatoms. The Morgan fingerprint density at radius 1 is 0.375 bits per heavy atom. The summed E-state index contributed by atoms with van der Waals surface area (Å²) in [4.78, 5) is 11.0. The van der Waals surface area contributed by atoms with E-state index in [-0.39, 0.29) is 0 Å². The van der Waals surface area contributed by atoms with Gasteiger partial charge in [-0.05, 0) is 92.0 Å². The van der Waals surface area contributed by atoms with Gasteiger partial charge in [-0.1, -0.05) is 133 Å². The minimum atomic E-state index is 0.667. The lowest BCUT2D eigenvalue weighted by molar-refractivity contribution is 1.02. The van der Waals surface area contributed by atoms with Crippen LogP contribution in [0.4, 0.5) is 0 Å². The topological polar surface area (TPSA) is 30.7 Å². The first-order valence-corrected chi connectivity index (χ1v) is 19.9. The minimum Gasteiger partial charge on any atom is -0.278 e. The fourth-order valence-corrected chi connectivity index (χ4v) is 10.5. The van der Waals surface area contributed by atoms with Crippen LogP contribution in [-0.2, 0) is 0 Å². The predicted molar refractivity (Wildman–Crippen MR) is 237 cm³/mol. The lowest BCUT2D eigenvalue weighted by atomic mass is 9.96. The molecule has 0 fully saturated rings. The molecular formula is C52H29N3S. The zero-order valence-corrected chi connectivity index (χ0v) is 30.8. The van der Waals surface area contributed by atoms with E-state index in [4.69, 9.17) is 9.97 Å².